The van der Waals surface area contributed by atoms with Crippen LogP contribution in [0.15, 0.2) is 23.0 Å². The van der Waals surface area contributed by atoms with Crippen LogP contribution in [0.2, 0.25) is 0 Å². The maximum absolute atomic E-state index is 12.8. The molecule has 1 aliphatic heterocycles. The van der Waals surface area contributed by atoms with Crippen LogP contribution in [-0.4, -0.2) is 54.0 Å². The number of rotatable bonds is 9. The molecule has 164 valence electrons. The summed E-state index contributed by atoms with van der Waals surface area (Å²) in [5, 5.41) is 5.01. The average molecular weight is 432 g/mol. The molecule has 3 rings (SSSR count). The van der Waals surface area contributed by atoms with Gasteiger partial charge < -0.3 is 24.7 Å². The number of benzene rings is 1. The summed E-state index contributed by atoms with van der Waals surface area (Å²) >= 11 is 5.67. The SMILES string of the molecule is CCOCCCNC(=S)N(Cc1cc2ccc(C)c(C)c2[nH]c1=O)C[C@@H]1CCCO1. The van der Waals surface area contributed by atoms with Crippen LogP contribution in [0.3, 0.4) is 0 Å². The lowest BCUT2D eigenvalue weighted by atomic mass is 10.0. The Morgan fingerprint density at radius 1 is 1.40 bits per heavy atom. The van der Waals surface area contributed by atoms with E-state index < -0.39 is 0 Å². The van der Waals surface area contributed by atoms with Crippen LogP contribution in [0.1, 0.15) is 42.9 Å². The molecular weight excluding hydrogens is 398 g/mol. The van der Waals surface area contributed by atoms with Gasteiger partial charge in [-0.15, -0.1) is 0 Å². The van der Waals surface area contributed by atoms with Crippen molar-refractivity contribution in [3.63, 3.8) is 0 Å². The van der Waals surface area contributed by atoms with Crippen molar-refractivity contribution in [1.82, 2.24) is 15.2 Å². The third-order valence-electron chi connectivity index (χ3n) is 5.67. The number of pyridine rings is 1. The van der Waals surface area contributed by atoms with Gasteiger partial charge in [0.25, 0.3) is 5.56 Å². The molecule has 0 unspecified atom stereocenters. The maximum Gasteiger partial charge on any atom is 0.253 e. The largest absolute Gasteiger partial charge is 0.382 e. The first kappa shape index (κ1) is 22.7. The topological polar surface area (TPSA) is 66.6 Å². The first-order valence-corrected chi connectivity index (χ1v) is 11.2. The van der Waals surface area contributed by atoms with E-state index in [0.717, 1.165) is 55.5 Å². The van der Waals surface area contributed by atoms with Crippen molar-refractivity contribution in [3.8, 4) is 0 Å². The third-order valence-corrected chi connectivity index (χ3v) is 6.07. The normalized spacial score (nSPS) is 16.2. The summed E-state index contributed by atoms with van der Waals surface area (Å²) in [7, 11) is 0. The lowest BCUT2D eigenvalue weighted by Crippen LogP contribution is -2.44. The fraction of sp³-hybridized carbons (Fsp3) is 0.565. The van der Waals surface area contributed by atoms with Gasteiger partial charge >= 0.3 is 0 Å². The van der Waals surface area contributed by atoms with Crippen LogP contribution in [0.5, 0.6) is 0 Å². The van der Waals surface area contributed by atoms with E-state index in [9.17, 15) is 4.79 Å². The molecule has 2 N–H and O–H groups in total. The second-order valence-electron chi connectivity index (χ2n) is 7.89. The number of ether oxygens (including phenoxy) is 2. The minimum absolute atomic E-state index is 0.0623. The average Bonchev–Trinajstić information content (AvgIpc) is 3.24. The Labute approximate surface area is 183 Å². The van der Waals surface area contributed by atoms with E-state index in [4.69, 9.17) is 21.7 Å². The zero-order chi connectivity index (χ0) is 21.5. The summed E-state index contributed by atoms with van der Waals surface area (Å²) in [4.78, 5) is 18.0. The van der Waals surface area contributed by atoms with E-state index in [0.29, 0.717) is 30.4 Å². The highest BCUT2D eigenvalue weighted by Gasteiger charge is 2.22. The Morgan fingerprint density at radius 3 is 2.97 bits per heavy atom. The highest BCUT2D eigenvalue weighted by molar-refractivity contribution is 7.80. The standard InChI is InChI=1S/C23H33N3O3S/c1-4-28-11-6-10-24-23(30)26(15-20-7-5-12-29-20)14-19-13-18-9-8-16(2)17(3)21(18)25-22(19)27/h8-9,13,20H,4-7,10-12,14-15H2,1-3H3,(H,24,30)(H,25,27)/t20-/m0/s1. The highest BCUT2D eigenvalue weighted by atomic mass is 32.1. The molecule has 2 aromatic rings. The Morgan fingerprint density at radius 2 is 2.23 bits per heavy atom. The first-order valence-electron chi connectivity index (χ1n) is 10.8. The van der Waals surface area contributed by atoms with Gasteiger partial charge in [0, 0.05) is 38.5 Å². The molecule has 0 bridgehead atoms. The third kappa shape index (κ3) is 5.80. The van der Waals surface area contributed by atoms with Crippen molar-refractivity contribution in [2.24, 2.45) is 0 Å². The summed E-state index contributed by atoms with van der Waals surface area (Å²) in [6, 6.07) is 6.14. The molecule has 1 atom stereocenters. The summed E-state index contributed by atoms with van der Waals surface area (Å²) in [6.45, 7) is 10.2. The monoisotopic (exact) mass is 431 g/mol. The second kappa shape index (κ2) is 10.9. The quantitative estimate of drug-likeness (QED) is 0.468. The Balaban J connectivity index is 1.76. The van der Waals surface area contributed by atoms with E-state index in [1.807, 2.05) is 19.9 Å². The smallest absolute Gasteiger partial charge is 0.253 e. The van der Waals surface area contributed by atoms with Gasteiger partial charge in [-0.1, -0.05) is 12.1 Å². The zero-order valence-electron chi connectivity index (χ0n) is 18.3. The summed E-state index contributed by atoms with van der Waals surface area (Å²) in [6.07, 6.45) is 3.13. The van der Waals surface area contributed by atoms with E-state index in [-0.39, 0.29) is 11.7 Å². The lowest BCUT2D eigenvalue weighted by molar-refractivity contribution is 0.0896. The van der Waals surface area contributed by atoms with Crippen LogP contribution >= 0.6 is 12.2 Å². The van der Waals surface area contributed by atoms with E-state index in [1.54, 1.807) is 0 Å². The molecule has 0 saturated carbocycles. The van der Waals surface area contributed by atoms with Crippen molar-refractivity contribution in [2.45, 2.75) is 52.7 Å². The first-order chi connectivity index (χ1) is 14.5. The fourth-order valence-electron chi connectivity index (χ4n) is 3.77. The number of hydrogen-bond donors (Lipinski definition) is 2. The molecule has 1 aromatic heterocycles. The summed E-state index contributed by atoms with van der Waals surface area (Å²) in [5.74, 6) is 0. The highest BCUT2D eigenvalue weighted by Crippen LogP contribution is 2.20. The number of aryl methyl sites for hydroxylation is 2. The van der Waals surface area contributed by atoms with Crippen LogP contribution in [0.25, 0.3) is 10.9 Å². The molecular formula is C23H33N3O3S. The van der Waals surface area contributed by atoms with Crippen molar-refractivity contribution >= 4 is 28.2 Å². The summed E-state index contributed by atoms with van der Waals surface area (Å²) < 4.78 is 11.2. The van der Waals surface area contributed by atoms with Gasteiger partial charge in [0.2, 0.25) is 0 Å². The van der Waals surface area contributed by atoms with Gasteiger partial charge in [0.1, 0.15) is 0 Å². The predicted molar refractivity (Wildman–Crippen MR) is 125 cm³/mol. The Hall–Kier alpha value is -1.96. The molecule has 30 heavy (non-hydrogen) atoms. The van der Waals surface area contributed by atoms with Crippen LogP contribution < -0.4 is 10.9 Å². The molecule has 1 aliphatic rings. The van der Waals surface area contributed by atoms with Crippen LogP contribution in [-0.2, 0) is 16.0 Å². The molecule has 1 saturated heterocycles. The number of aromatic nitrogens is 1. The van der Waals surface area contributed by atoms with Gasteiger partial charge in [0.15, 0.2) is 5.11 Å². The number of H-pyrrole nitrogens is 1. The number of thiocarbonyl (C=S) groups is 1. The van der Waals surface area contributed by atoms with E-state index in [2.05, 4.69) is 34.3 Å². The van der Waals surface area contributed by atoms with E-state index >= 15 is 0 Å². The molecule has 0 radical (unpaired) electrons. The number of nitrogens with zero attached hydrogens (tertiary/aromatic N) is 1. The number of nitrogens with one attached hydrogen (secondary N) is 2. The van der Waals surface area contributed by atoms with Crippen molar-refractivity contribution < 1.29 is 9.47 Å². The van der Waals surface area contributed by atoms with Crippen molar-refractivity contribution in [3.05, 3.63) is 45.2 Å². The Kier molecular flexibility index (Phi) is 8.24. The minimum Gasteiger partial charge on any atom is -0.382 e. The molecule has 0 amide bonds. The maximum atomic E-state index is 12.8. The number of aromatic amines is 1. The summed E-state index contributed by atoms with van der Waals surface area (Å²) in [5.41, 5.74) is 3.84. The molecule has 0 aliphatic carbocycles. The fourth-order valence-corrected chi connectivity index (χ4v) is 4.01. The van der Waals surface area contributed by atoms with Gasteiger partial charge in [-0.05, 0) is 74.8 Å². The molecule has 0 spiro atoms. The number of hydrogen-bond acceptors (Lipinski definition) is 4. The zero-order valence-corrected chi connectivity index (χ0v) is 19.1. The molecule has 2 heterocycles. The van der Waals surface area contributed by atoms with Gasteiger partial charge in [-0.25, -0.2) is 0 Å². The molecule has 6 nitrogen and oxygen atoms in total. The molecule has 7 heteroatoms. The van der Waals surface area contributed by atoms with Crippen LogP contribution in [0.4, 0.5) is 0 Å². The number of fused-ring (bicyclic) bond motifs is 1. The lowest BCUT2D eigenvalue weighted by Gasteiger charge is -2.28. The van der Waals surface area contributed by atoms with Gasteiger partial charge in [-0.2, -0.15) is 0 Å². The predicted octanol–water partition coefficient (Wildman–Crippen LogP) is 3.43. The van der Waals surface area contributed by atoms with Gasteiger partial charge in [0.05, 0.1) is 18.2 Å². The molecule has 1 fully saturated rings. The van der Waals surface area contributed by atoms with Crippen molar-refractivity contribution in [2.75, 3.05) is 32.9 Å². The molecule has 1 aromatic carbocycles. The Bertz CT molecular complexity index is 922. The second-order valence-corrected chi connectivity index (χ2v) is 8.28. The van der Waals surface area contributed by atoms with Crippen LogP contribution in [0, 0.1) is 13.8 Å². The van der Waals surface area contributed by atoms with Gasteiger partial charge in [-0.3, -0.25) is 4.79 Å². The minimum atomic E-state index is -0.0623. The van der Waals surface area contributed by atoms with E-state index in [1.165, 1.54) is 5.56 Å². The van der Waals surface area contributed by atoms with Crippen molar-refractivity contribution in [1.29, 1.82) is 0 Å².